The summed E-state index contributed by atoms with van der Waals surface area (Å²) >= 11 is 0. The van der Waals surface area contributed by atoms with E-state index in [0.717, 1.165) is 7.11 Å². The van der Waals surface area contributed by atoms with Gasteiger partial charge in [0, 0.05) is 12.8 Å². The van der Waals surface area contributed by atoms with E-state index in [0.29, 0.717) is 0 Å². The molecule has 0 aromatic rings. The third-order valence-electron chi connectivity index (χ3n) is 2.45. The summed E-state index contributed by atoms with van der Waals surface area (Å²) in [6.45, 7) is 0. The molecule has 1 saturated carbocycles. The first-order valence-electron chi connectivity index (χ1n) is 4.20. The molecule has 0 aromatic heterocycles. The maximum absolute atomic E-state index is 12.8. The number of alkyl halides is 5. The van der Waals surface area contributed by atoms with Crippen molar-refractivity contribution in [1.82, 2.24) is 0 Å². The average molecular weight is 232 g/mol. The molecule has 1 aliphatic carbocycles. The molecule has 1 aliphatic rings. The molecule has 2 nitrogen and oxygen atoms in total. The molecule has 2 unspecified atom stereocenters. The smallest absolute Gasteiger partial charge is 0.392 e. The zero-order chi connectivity index (χ0) is 11.9. The fraction of sp³-hybridized carbons (Fsp3) is 0.875. The Morgan fingerprint density at radius 1 is 1.33 bits per heavy atom. The van der Waals surface area contributed by atoms with Gasteiger partial charge in [-0.1, -0.05) is 0 Å². The first kappa shape index (κ1) is 12.2. The quantitative estimate of drug-likeness (QED) is 0.512. The van der Waals surface area contributed by atoms with E-state index in [9.17, 15) is 26.7 Å². The zero-order valence-corrected chi connectivity index (χ0v) is 7.78. The Morgan fingerprint density at radius 2 is 1.87 bits per heavy atom. The van der Waals surface area contributed by atoms with E-state index in [1.165, 1.54) is 0 Å². The van der Waals surface area contributed by atoms with Crippen LogP contribution < -0.4 is 0 Å². The van der Waals surface area contributed by atoms with Crippen molar-refractivity contribution in [1.29, 1.82) is 0 Å². The van der Waals surface area contributed by atoms with Gasteiger partial charge in [-0.3, -0.25) is 4.79 Å². The normalized spacial score (nSPS) is 30.3. The average Bonchev–Trinajstić information content (AvgIpc) is 2.39. The van der Waals surface area contributed by atoms with Crippen molar-refractivity contribution >= 4 is 5.97 Å². The number of carbonyl (C=O) groups excluding carboxylic acids is 1. The lowest BCUT2D eigenvalue weighted by atomic mass is 9.96. The predicted octanol–water partition coefficient (Wildman–Crippen LogP) is 2.38. The molecule has 0 aromatic carbocycles. The summed E-state index contributed by atoms with van der Waals surface area (Å²) in [5, 5.41) is 0. The number of esters is 1. The van der Waals surface area contributed by atoms with Crippen LogP contribution in [0, 0.1) is 11.8 Å². The molecule has 88 valence electrons. The lowest BCUT2D eigenvalue weighted by molar-refractivity contribution is -0.194. The van der Waals surface area contributed by atoms with Gasteiger partial charge in [-0.15, -0.1) is 0 Å². The van der Waals surface area contributed by atoms with Crippen LogP contribution in [0.4, 0.5) is 22.0 Å². The lowest BCUT2D eigenvalue weighted by Gasteiger charge is -2.19. The summed E-state index contributed by atoms with van der Waals surface area (Å²) in [6.07, 6.45) is -7.22. The van der Waals surface area contributed by atoms with Crippen molar-refractivity contribution in [3.63, 3.8) is 0 Å². The van der Waals surface area contributed by atoms with Gasteiger partial charge < -0.3 is 4.74 Å². The van der Waals surface area contributed by atoms with Gasteiger partial charge in [0.05, 0.1) is 18.9 Å². The molecule has 0 amide bonds. The van der Waals surface area contributed by atoms with Crippen molar-refractivity contribution in [3.8, 4) is 0 Å². The lowest BCUT2D eigenvalue weighted by Crippen LogP contribution is -2.31. The summed E-state index contributed by atoms with van der Waals surface area (Å²) in [5.41, 5.74) is 0. The molecule has 0 spiro atoms. The second-order valence-corrected chi connectivity index (χ2v) is 3.54. The second-order valence-electron chi connectivity index (χ2n) is 3.54. The summed E-state index contributed by atoms with van der Waals surface area (Å²) < 4.78 is 66.5. The van der Waals surface area contributed by atoms with Gasteiger partial charge in [0.15, 0.2) is 0 Å². The van der Waals surface area contributed by atoms with Crippen LogP contribution in [-0.4, -0.2) is 25.2 Å². The maximum atomic E-state index is 12.8. The minimum absolute atomic E-state index is 0.881. The highest BCUT2D eigenvalue weighted by molar-refractivity contribution is 5.73. The largest absolute Gasteiger partial charge is 0.469 e. The third-order valence-corrected chi connectivity index (χ3v) is 2.45. The molecule has 0 saturated heterocycles. The van der Waals surface area contributed by atoms with E-state index in [1.807, 2.05) is 0 Å². The number of hydrogen-bond acceptors (Lipinski definition) is 2. The number of carbonyl (C=O) groups is 1. The minimum Gasteiger partial charge on any atom is -0.469 e. The van der Waals surface area contributed by atoms with Gasteiger partial charge in [-0.2, -0.15) is 13.2 Å². The SMILES string of the molecule is COC(=O)C1CC(F)(F)CC1C(F)(F)F. The number of rotatable bonds is 1. The highest BCUT2D eigenvalue weighted by Gasteiger charge is 2.59. The van der Waals surface area contributed by atoms with Gasteiger partial charge in [0.2, 0.25) is 5.92 Å². The van der Waals surface area contributed by atoms with Crippen molar-refractivity contribution in [2.24, 2.45) is 11.8 Å². The van der Waals surface area contributed by atoms with Crippen LogP contribution in [0.2, 0.25) is 0 Å². The molecule has 1 fully saturated rings. The van der Waals surface area contributed by atoms with Crippen LogP contribution in [0.5, 0.6) is 0 Å². The highest BCUT2D eigenvalue weighted by Crippen LogP contribution is 2.50. The van der Waals surface area contributed by atoms with E-state index in [-0.39, 0.29) is 0 Å². The summed E-state index contributed by atoms with van der Waals surface area (Å²) in [5.74, 6) is -8.77. The number of methoxy groups -OCH3 is 1. The van der Waals surface area contributed by atoms with Crippen molar-refractivity contribution in [2.45, 2.75) is 24.9 Å². The van der Waals surface area contributed by atoms with Gasteiger partial charge in [-0.25, -0.2) is 8.78 Å². The Balaban J connectivity index is 2.89. The van der Waals surface area contributed by atoms with E-state index >= 15 is 0 Å². The van der Waals surface area contributed by atoms with E-state index in [2.05, 4.69) is 4.74 Å². The highest BCUT2D eigenvalue weighted by atomic mass is 19.4. The molecule has 0 heterocycles. The zero-order valence-electron chi connectivity index (χ0n) is 7.78. The monoisotopic (exact) mass is 232 g/mol. The third kappa shape index (κ3) is 2.57. The van der Waals surface area contributed by atoms with Gasteiger partial charge >= 0.3 is 12.1 Å². The fourth-order valence-corrected chi connectivity index (χ4v) is 1.75. The Labute approximate surface area is 82.4 Å². The molecule has 15 heavy (non-hydrogen) atoms. The second kappa shape index (κ2) is 3.61. The van der Waals surface area contributed by atoms with E-state index in [1.54, 1.807) is 0 Å². The molecule has 0 aliphatic heterocycles. The molecule has 7 heteroatoms. The Bertz CT molecular complexity index is 260. The van der Waals surface area contributed by atoms with Crippen LogP contribution in [0.25, 0.3) is 0 Å². The Kier molecular flexibility index (Phi) is 2.93. The predicted molar refractivity (Wildman–Crippen MR) is 39.2 cm³/mol. The van der Waals surface area contributed by atoms with E-state index in [4.69, 9.17) is 0 Å². The van der Waals surface area contributed by atoms with Crippen LogP contribution in [0.15, 0.2) is 0 Å². The molecule has 1 rings (SSSR count). The Morgan fingerprint density at radius 3 is 2.27 bits per heavy atom. The number of hydrogen-bond donors (Lipinski definition) is 0. The Hall–Kier alpha value is -0.880. The van der Waals surface area contributed by atoms with Gasteiger partial charge in [-0.05, 0) is 0 Å². The van der Waals surface area contributed by atoms with Crippen LogP contribution >= 0.6 is 0 Å². The first-order valence-corrected chi connectivity index (χ1v) is 4.20. The molecule has 0 radical (unpaired) electrons. The fourth-order valence-electron chi connectivity index (χ4n) is 1.75. The topological polar surface area (TPSA) is 26.3 Å². The van der Waals surface area contributed by atoms with E-state index < -0.39 is 42.7 Å². The van der Waals surface area contributed by atoms with Gasteiger partial charge in [0.1, 0.15) is 0 Å². The van der Waals surface area contributed by atoms with Gasteiger partial charge in [0.25, 0.3) is 0 Å². The molecular weight excluding hydrogens is 223 g/mol. The number of halogens is 5. The number of ether oxygens (including phenoxy) is 1. The summed E-state index contributed by atoms with van der Waals surface area (Å²) in [6, 6.07) is 0. The molecular formula is C8H9F5O2. The minimum atomic E-state index is -4.79. The maximum Gasteiger partial charge on any atom is 0.392 e. The van der Waals surface area contributed by atoms with Crippen LogP contribution in [0.3, 0.4) is 0 Å². The molecule has 2 atom stereocenters. The van der Waals surface area contributed by atoms with Crippen molar-refractivity contribution < 1.29 is 31.5 Å². The van der Waals surface area contributed by atoms with Crippen molar-refractivity contribution in [3.05, 3.63) is 0 Å². The molecule has 0 N–H and O–H groups in total. The molecule has 0 bridgehead atoms. The first-order chi connectivity index (χ1) is 6.67. The van der Waals surface area contributed by atoms with Crippen LogP contribution in [0.1, 0.15) is 12.8 Å². The summed E-state index contributed by atoms with van der Waals surface area (Å²) in [4.78, 5) is 10.9. The summed E-state index contributed by atoms with van der Waals surface area (Å²) in [7, 11) is 0.881. The standard InChI is InChI=1S/C8H9F5O2/c1-15-6(14)4-2-7(9,10)3-5(4)8(11,12)13/h4-5H,2-3H2,1H3. The van der Waals surface area contributed by atoms with Crippen molar-refractivity contribution in [2.75, 3.05) is 7.11 Å². The van der Waals surface area contributed by atoms with Crippen LogP contribution in [-0.2, 0) is 9.53 Å².